The van der Waals surface area contributed by atoms with Crippen LogP contribution in [0.1, 0.15) is 0 Å². The zero-order valence-electron chi connectivity index (χ0n) is 8.93. The minimum absolute atomic E-state index is 0.00977. The molecule has 17 heavy (non-hydrogen) atoms. The second-order valence-corrected chi connectivity index (χ2v) is 3.12. The first-order valence-electron chi connectivity index (χ1n) is 4.73. The second kappa shape index (κ2) is 6.48. The van der Waals surface area contributed by atoms with Crippen molar-refractivity contribution in [2.24, 2.45) is 5.11 Å². The van der Waals surface area contributed by atoms with Crippen molar-refractivity contribution >= 4 is 5.82 Å². The molecule has 9 nitrogen and oxygen atoms in total. The minimum Gasteiger partial charge on any atom is -0.394 e. The number of aromatic nitrogens is 2. The highest BCUT2D eigenvalue weighted by Crippen LogP contribution is 1.96. The maximum Gasteiger partial charge on any atom is 0.351 e. The average Bonchev–Trinajstić information content (AvgIpc) is 2.31. The number of hydrogen-bond acceptors (Lipinski definition) is 6. The van der Waals surface area contributed by atoms with E-state index in [1.165, 1.54) is 16.8 Å². The Morgan fingerprint density at radius 2 is 2.53 bits per heavy atom. The Kier molecular flexibility index (Phi) is 4.95. The fourth-order valence-corrected chi connectivity index (χ4v) is 1.02. The lowest BCUT2D eigenvalue weighted by Crippen LogP contribution is -2.28. The van der Waals surface area contributed by atoms with Gasteiger partial charge in [-0.15, -0.1) is 0 Å². The topological polar surface area (TPSA) is 139 Å². The van der Waals surface area contributed by atoms with Crippen LogP contribution in [0.25, 0.3) is 10.4 Å². The lowest BCUT2D eigenvalue weighted by atomic mass is 10.4. The van der Waals surface area contributed by atoms with Gasteiger partial charge in [-0.05, 0) is 11.6 Å². The Morgan fingerprint density at radius 1 is 1.76 bits per heavy atom. The molecule has 0 aromatic carbocycles. The number of nitrogens with zero attached hydrogens (tertiary/aromatic N) is 5. The molecule has 0 radical (unpaired) electrons. The number of anilines is 1. The summed E-state index contributed by atoms with van der Waals surface area (Å²) < 4.78 is 6.34. The quantitative estimate of drug-likeness (QED) is 0.391. The summed E-state index contributed by atoms with van der Waals surface area (Å²) >= 11 is 0. The van der Waals surface area contributed by atoms with Crippen LogP contribution in [-0.4, -0.2) is 33.9 Å². The number of hydrogen-bond donors (Lipinski definition) is 2. The molecule has 1 atom stereocenters. The fraction of sp³-hybridized carbons (Fsp3) is 0.500. The molecule has 3 N–H and O–H groups in total. The zero-order chi connectivity index (χ0) is 12.7. The Hall–Kier alpha value is -2.09. The van der Waals surface area contributed by atoms with Crippen LogP contribution >= 0.6 is 0 Å². The number of ether oxygens (including phenoxy) is 1. The van der Waals surface area contributed by atoms with Gasteiger partial charge in [0.05, 0.1) is 19.3 Å². The van der Waals surface area contributed by atoms with Gasteiger partial charge in [-0.3, -0.25) is 4.57 Å². The molecule has 1 heterocycles. The van der Waals surface area contributed by atoms with Gasteiger partial charge in [-0.25, -0.2) is 4.79 Å². The van der Waals surface area contributed by atoms with Gasteiger partial charge in [0.15, 0.2) is 0 Å². The van der Waals surface area contributed by atoms with Gasteiger partial charge in [-0.1, -0.05) is 5.11 Å². The van der Waals surface area contributed by atoms with Gasteiger partial charge in [0.2, 0.25) is 0 Å². The summed E-state index contributed by atoms with van der Waals surface area (Å²) in [5, 5.41) is 12.2. The monoisotopic (exact) mass is 240 g/mol. The molecule has 0 bridgehead atoms. The third-order valence-electron chi connectivity index (χ3n) is 1.90. The first kappa shape index (κ1) is 13.0. The largest absolute Gasteiger partial charge is 0.394 e. The maximum absolute atomic E-state index is 11.3. The van der Waals surface area contributed by atoms with Crippen molar-refractivity contribution in [3.05, 3.63) is 33.2 Å². The summed E-state index contributed by atoms with van der Waals surface area (Å²) in [6.45, 7) is -0.418. The number of azide groups is 1. The Bertz CT molecular complexity index is 467. The van der Waals surface area contributed by atoms with E-state index in [2.05, 4.69) is 15.0 Å². The van der Waals surface area contributed by atoms with Crippen molar-refractivity contribution < 1.29 is 9.84 Å². The van der Waals surface area contributed by atoms with Crippen LogP contribution < -0.4 is 11.4 Å². The van der Waals surface area contributed by atoms with Gasteiger partial charge in [-0.2, -0.15) is 4.98 Å². The zero-order valence-corrected chi connectivity index (χ0v) is 8.93. The molecule has 1 aromatic rings. The van der Waals surface area contributed by atoms with Gasteiger partial charge >= 0.3 is 5.69 Å². The van der Waals surface area contributed by atoms with Crippen molar-refractivity contribution in [2.75, 3.05) is 18.9 Å². The summed E-state index contributed by atoms with van der Waals surface area (Å²) in [6, 6.07) is 1.45. The molecule has 1 aromatic heterocycles. The van der Waals surface area contributed by atoms with Crippen LogP contribution in [-0.2, 0) is 11.5 Å². The molecule has 0 aliphatic rings. The van der Waals surface area contributed by atoms with Crippen molar-refractivity contribution in [3.63, 3.8) is 0 Å². The SMILES string of the molecule is [N-]=[N+]=NCC(CO)OCn1ccc(N)nc1=O. The summed E-state index contributed by atoms with van der Waals surface area (Å²) in [4.78, 5) is 17.3. The predicted molar refractivity (Wildman–Crippen MR) is 58.9 cm³/mol. The van der Waals surface area contributed by atoms with Gasteiger partial charge < -0.3 is 15.6 Å². The molecule has 0 spiro atoms. The van der Waals surface area contributed by atoms with E-state index in [1.807, 2.05) is 0 Å². The molecule has 0 amide bonds. The fourth-order valence-electron chi connectivity index (χ4n) is 1.02. The molecule has 0 saturated heterocycles. The van der Waals surface area contributed by atoms with Crippen LogP contribution in [0.4, 0.5) is 5.82 Å². The predicted octanol–water partition coefficient (Wildman–Crippen LogP) is -0.529. The molecule has 0 saturated carbocycles. The van der Waals surface area contributed by atoms with E-state index in [4.69, 9.17) is 21.1 Å². The van der Waals surface area contributed by atoms with Crippen LogP contribution in [0.2, 0.25) is 0 Å². The molecule has 0 aliphatic heterocycles. The van der Waals surface area contributed by atoms with Crippen LogP contribution in [0, 0.1) is 0 Å². The summed E-state index contributed by atoms with van der Waals surface area (Å²) in [5.41, 5.74) is 12.9. The molecule has 1 unspecified atom stereocenters. The van der Waals surface area contributed by atoms with E-state index in [9.17, 15) is 4.79 Å². The van der Waals surface area contributed by atoms with E-state index in [0.29, 0.717) is 0 Å². The molecular formula is C8H12N6O3. The van der Waals surface area contributed by atoms with Gasteiger partial charge in [0.1, 0.15) is 12.5 Å². The Morgan fingerprint density at radius 3 is 3.12 bits per heavy atom. The number of rotatable bonds is 6. The lowest BCUT2D eigenvalue weighted by molar-refractivity contribution is -0.0198. The van der Waals surface area contributed by atoms with Crippen molar-refractivity contribution in [1.29, 1.82) is 0 Å². The van der Waals surface area contributed by atoms with Crippen LogP contribution in [0.5, 0.6) is 0 Å². The molecule has 9 heteroatoms. The first-order chi connectivity index (χ1) is 8.17. The highest BCUT2D eigenvalue weighted by atomic mass is 16.5. The normalized spacial score (nSPS) is 11.8. The minimum atomic E-state index is -0.657. The molecule has 0 aliphatic carbocycles. The Balaban J connectivity index is 2.59. The molecule has 0 fully saturated rings. The van der Waals surface area contributed by atoms with E-state index in [-0.39, 0.29) is 25.7 Å². The van der Waals surface area contributed by atoms with Crippen molar-refractivity contribution in [3.8, 4) is 0 Å². The highest BCUT2D eigenvalue weighted by Gasteiger charge is 2.07. The molecule has 1 rings (SSSR count). The summed E-state index contributed by atoms with van der Waals surface area (Å²) in [7, 11) is 0. The van der Waals surface area contributed by atoms with Gasteiger partial charge in [0, 0.05) is 11.1 Å². The standard InChI is InChI=1S/C8H12N6O3/c9-7-1-2-14(8(16)12-7)5-17-6(4-15)3-11-13-10/h1-2,6,15H,3-5H2,(H2,9,12,16). The van der Waals surface area contributed by atoms with E-state index in [0.717, 1.165) is 0 Å². The molecular weight excluding hydrogens is 228 g/mol. The third kappa shape index (κ3) is 4.11. The lowest BCUT2D eigenvalue weighted by Gasteiger charge is -2.13. The van der Waals surface area contributed by atoms with Gasteiger partial charge in [0.25, 0.3) is 0 Å². The van der Waals surface area contributed by atoms with E-state index < -0.39 is 11.8 Å². The van der Waals surface area contributed by atoms with Crippen LogP contribution in [0.3, 0.4) is 0 Å². The van der Waals surface area contributed by atoms with E-state index >= 15 is 0 Å². The molecule has 92 valence electrons. The average molecular weight is 240 g/mol. The second-order valence-electron chi connectivity index (χ2n) is 3.12. The van der Waals surface area contributed by atoms with Crippen molar-refractivity contribution in [1.82, 2.24) is 9.55 Å². The third-order valence-corrected chi connectivity index (χ3v) is 1.90. The summed E-state index contributed by atoms with van der Waals surface area (Å²) in [5.74, 6) is 0.124. The number of nitrogen functional groups attached to an aromatic ring is 1. The van der Waals surface area contributed by atoms with Crippen LogP contribution in [0.15, 0.2) is 22.2 Å². The number of nitrogens with two attached hydrogens (primary N) is 1. The number of aliphatic hydroxyl groups is 1. The van der Waals surface area contributed by atoms with Crippen molar-refractivity contribution in [2.45, 2.75) is 12.8 Å². The maximum atomic E-state index is 11.3. The number of aliphatic hydroxyl groups excluding tert-OH is 1. The highest BCUT2D eigenvalue weighted by molar-refractivity contribution is 5.23. The smallest absolute Gasteiger partial charge is 0.351 e. The first-order valence-corrected chi connectivity index (χ1v) is 4.73. The van der Waals surface area contributed by atoms with E-state index in [1.54, 1.807) is 0 Å². The summed E-state index contributed by atoms with van der Waals surface area (Å²) in [6.07, 6.45) is 0.766. The Labute approximate surface area is 96.1 Å².